The molecule has 0 radical (unpaired) electrons. The summed E-state index contributed by atoms with van der Waals surface area (Å²) in [6.45, 7) is 1.99. The molecule has 6 heteroatoms. The molecule has 0 aliphatic heterocycles. The van der Waals surface area contributed by atoms with Crippen LogP contribution in [0.3, 0.4) is 0 Å². The molecule has 1 aromatic carbocycles. The van der Waals surface area contributed by atoms with Crippen LogP contribution < -0.4 is 0 Å². The normalized spacial score (nSPS) is 11.1. The van der Waals surface area contributed by atoms with Gasteiger partial charge in [-0.05, 0) is 48.9 Å². The third-order valence-electron chi connectivity index (χ3n) is 4.93. The van der Waals surface area contributed by atoms with Crippen molar-refractivity contribution >= 4 is 22.5 Å². The number of nitrogens with zero attached hydrogens (tertiary/aromatic N) is 4. The van der Waals surface area contributed by atoms with Gasteiger partial charge in [0.1, 0.15) is 11.0 Å². The Morgan fingerprint density at radius 2 is 1.87 bits per heavy atom. The fraction of sp³-hybridized carbons (Fsp3) is 0.0833. The maximum Gasteiger partial charge on any atom is 0.129 e. The first-order chi connectivity index (χ1) is 14.7. The third kappa shape index (κ3) is 3.67. The summed E-state index contributed by atoms with van der Waals surface area (Å²) in [6, 6.07) is 19.9. The summed E-state index contributed by atoms with van der Waals surface area (Å²) in [4.78, 5) is 21.7. The van der Waals surface area contributed by atoms with Gasteiger partial charge in [-0.1, -0.05) is 35.9 Å². The SMILES string of the molecule is Cc1cccc(-c2[nH]c(Cc3ccc(Cl)nc3)nc2-c2ccc3ncccc3c2)n1. The Bertz CT molecular complexity index is 1340. The molecule has 0 atom stereocenters. The van der Waals surface area contributed by atoms with E-state index < -0.39 is 0 Å². The largest absolute Gasteiger partial charge is 0.340 e. The standard InChI is InChI=1S/C24H18ClN5/c1-15-4-2-6-20(28-15)24-23(18-8-9-19-17(13-18)5-3-11-26-19)29-22(30-24)12-16-7-10-21(25)27-14-16/h2-11,13-14H,12H2,1H3,(H,29,30). The number of benzene rings is 1. The van der Waals surface area contributed by atoms with Gasteiger partial charge in [0.2, 0.25) is 0 Å². The van der Waals surface area contributed by atoms with E-state index in [-0.39, 0.29) is 0 Å². The van der Waals surface area contributed by atoms with Crippen LogP contribution in [-0.2, 0) is 6.42 Å². The fourth-order valence-corrected chi connectivity index (χ4v) is 3.62. The van der Waals surface area contributed by atoms with E-state index in [1.165, 1.54) is 0 Å². The molecular formula is C24H18ClN5. The smallest absolute Gasteiger partial charge is 0.129 e. The number of aromatic nitrogens is 5. The Morgan fingerprint density at radius 1 is 0.933 bits per heavy atom. The molecule has 30 heavy (non-hydrogen) atoms. The molecule has 0 spiro atoms. The summed E-state index contributed by atoms with van der Waals surface area (Å²) in [6.07, 6.45) is 4.20. The van der Waals surface area contributed by atoms with Crippen molar-refractivity contribution in [3.63, 3.8) is 0 Å². The van der Waals surface area contributed by atoms with Crippen LogP contribution in [0, 0.1) is 6.92 Å². The molecule has 1 N–H and O–H groups in total. The van der Waals surface area contributed by atoms with Crippen LogP contribution in [0.25, 0.3) is 33.5 Å². The number of H-pyrrole nitrogens is 1. The lowest BCUT2D eigenvalue weighted by Crippen LogP contribution is -1.92. The van der Waals surface area contributed by atoms with Crippen molar-refractivity contribution < 1.29 is 0 Å². The number of pyridine rings is 3. The molecule has 0 unspecified atom stereocenters. The van der Waals surface area contributed by atoms with Crippen molar-refractivity contribution in [3.05, 3.63) is 95.3 Å². The maximum absolute atomic E-state index is 5.92. The van der Waals surface area contributed by atoms with Crippen molar-refractivity contribution in [3.8, 4) is 22.6 Å². The van der Waals surface area contributed by atoms with Crippen LogP contribution in [0.15, 0.2) is 73.1 Å². The van der Waals surface area contributed by atoms with E-state index in [9.17, 15) is 0 Å². The lowest BCUT2D eigenvalue weighted by molar-refractivity contribution is 1.01. The summed E-state index contributed by atoms with van der Waals surface area (Å²) >= 11 is 5.92. The molecule has 5 aromatic rings. The number of hydrogen-bond acceptors (Lipinski definition) is 4. The molecule has 4 heterocycles. The monoisotopic (exact) mass is 411 g/mol. The zero-order chi connectivity index (χ0) is 20.5. The van der Waals surface area contributed by atoms with E-state index >= 15 is 0 Å². The van der Waals surface area contributed by atoms with E-state index in [0.29, 0.717) is 11.6 Å². The number of aromatic amines is 1. The van der Waals surface area contributed by atoms with E-state index in [4.69, 9.17) is 21.6 Å². The predicted molar refractivity (Wildman–Crippen MR) is 119 cm³/mol. The van der Waals surface area contributed by atoms with Gasteiger partial charge in [-0.25, -0.2) is 9.97 Å². The molecule has 5 rings (SSSR count). The second kappa shape index (κ2) is 7.69. The second-order valence-electron chi connectivity index (χ2n) is 7.15. The Balaban J connectivity index is 1.63. The lowest BCUT2D eigenvalue weighted by Gasteiger charge is -2.05. The Kier molecular flexibility index (Phi) is 4.73. The van der Waals surface area contributed by atoms with Crippen molar-refractivity contribution in [2.45, 2.75) is 13.3 Å². The average Bonchev–Trinajstić information content (AvgIpc) is 3.19. The van der Waals surface area contributed by atoms with Gasteiger partial charge in [-0.2, -0.15) is 0 Å². The van der Waals surface area contributed by atoms with Gasteiger partial charge in [-0.15, -0.1) is 0 Å². The Morgan fingerprint density at radius 3 is 2.70 bits per heavy atom. The summed E-state index contributed by atoms with van der Waals surface area (Å²) < 4.78 is 0. The number of halogens is 1. The van der Waals surface area contributed by atoms with E-state index in [1.807, 2.05) is 43.3 Å². The van der Waals surface area contributed by atoms with Crippen LogP contribution in [-0.4, -0.2) is 24.9 Å². The number of fused-ring (bicyclic) bond motifs is 1. The van der Waals surface area contributed by atoms with Crippen LogP contribution in [0.5, 0.6) is 0 Å². The van der Waals surface area contributed by atoms with Gasteiger partial charge < -0.3 is 4.98 Å². The second-order valence-corrected chi connectivity index (χ2v) is 7.54. The Labute approximate surface area is 178 Å². The van der Waals surface area contributed by atoms with Gasteiger partial charge >= 0.3 is 0 Å². The molecule has 0 fully saturated rings. The molecule has 146 valence electrons. The van der Waals surface area contributed by atoms with Gasteiger partial charge in [0, 0.05) is 35.5 Å². The minimum absolute atomic E-state index is 0.480. The molecule has 0 saturated carbocycles. The highest BCUT2D eigenvalue weighted by atomic mass is 35.5. The van der Waals surface area contributed by atoms with Crippen molar-refractivity contribution in [2.24, 2.45) is 0 Å². The topological polar surface area (TPSA) is 67.3 Å². The molecule has 0 amide bonds. The maximum atomic E-state index is 5.92. The van der Waals surface area contributed by atoms with Crippen LogP contribution in [0.1, 0.15) is 17.1 Å². The summed E-state index contributed by atoms with van der Waals surface area (Å²) in [7, 11) is 0. The van der Waals surface area contributed by atoms with Crippen molar-refractivity contribution in [1.82, 2.24) is 24.9 Å². The summed E-state index contributed by atoms with van der Waals surface area (Å²) in [5, 5.41) is 1.55. The van der Waals surface area contributed by atoms with E-state index in [2.05, 4.69) is 33.2 Å². The van der Waals surface area contributed by atoms with Crippen molar-refractivity contribution in [1.29, 1.82) is 0 Å². The quantitative estimate of drug-likeness (QED) is 0.389. The lowest BCUT2D eigenvalue weighted by atomic mass is 10.1. The number of imidazole rings is 1. The van der Waals surface area contributed by atoms with Gasteiger partial charge in [0.05, 0.1) is 22.6 Å². The molecule has 0 aliphatic rings. The zero-order valence-electron chi connectivity index (χ0n) is 16.3. The van der Waals surface area contributed by atoms with Crippen LogP contribution in [0.4, 0.5) is 0 Å². The first-order valence-corrected chi connectivity index (χ1v) is 10.0. The molecular weight excluding hydrogens is 394 g/mol. The number of aryl methyl sites for hydroxylation is 1. The number of hydrogen-bond donors (Lipinski definition) is 1. The zero-order valence-corrected chi connectivity index (χ0v) is 17.1. The minimum Gasteiger partial charge on any atom is -0.340 e. The molecule has 0 aliphatic carbocycles. The average molecular weight is 412 g/mol. The molecule has 5 nitrogen and oxygen atoms in total. The number of nitrogens with one attached hydrogen (secondary N) is 1. The van der Waals surface area contributed by atoms with Gasteiger partial charge in [0.25, 0.3) is 0 Å². The van der Waals surface area contributed by atoms with Crippen LogP contribution >= 0.6 is 11.6 Å². The fourth-order valence-electron chi connectivity index (χ4n) is 3.51. The third-order valence-corrected chi connectivity index (χ3v) is 5.16. The molecule has 0 saturated heterocycles. The van der Waals surface area contributed by atoms with Gasteiger partial charge in [-0.3, -0.25) is 9.97 Å². The highest BCUT2D eigenvalue weighted by molar-refractivity contribution is 6.29. The molecule has 0 bridgehead atoms. The highest BCUT2D eigenvalue weighted by Gasteiger charge is 2.16. The number of rotatable bonds is 4. The molecule has 4 aromatic heterocycles. The highest BCUT2D eigenvalue weighted by Crippen LogP contribution is 2.31. The first kappa shape index (κ1) is 18.5. The van der Waals surface area contributed by atoms with Gasteiger partial charge in [0.15, 0.2) is 0 Å². The summed E-state index contributed by atoms with van der Waals surface area (Å²) in [5.74, 6) is 0.846. The van der Waals surface area contributed by atoms with E-state index in [0.717, 1.165) is 50.6 Å². The first-order valence-electron chi connectivity index (χ1n) is 9.64. The minimum atomic E-state index is 0.480. The van der Waals surface area contributed by atoms with E-state index in [1.54, 1.807) is 18.5 Å². The summed E-state index contributed by atoms with van der Waals surface area (Å²) in [5.41, 5.74) is 6.61. The predicted octanol–water partition coefficient (Wildman–Crippen LogP) is 5.63. The van der Waals surface area contributed by atoms with Crippen LogP contribution in [0.2, 0.25) is 5.15 Å². The van der Waals surface area contributed by atoms with Crippen molar-refractivity contribution in [2.75, 3.05) is 0 Å². The Hall–Kier alpha value is -3.57.